The van der Waals surface area contributed by atoms with Crippen molar-refractivity contribution < 1.29 is 5.11 Å². The standard InChI is InChI=1S/C15H26N2O/c1-5-7-10-17(12(3)6-2)14-8-9-15(13(4)18)16-11-14/h8-9,11-13,18H,5-7,10H2,1-4H3/t12?,13-/m1/s1. The Balaban J connectivity index is 2.83. The van der Waals surface area contributed by atoms with Gasteiger partial charge in [-0.2, -0.15) is 0 Å². The van der Waals surface area contributed by atoms with Crippen LogP contribution in [0.25, 0.3) is 0 Å². The second kappa shape index (κ2) is 7.37. The summed E-state index contributed by atoms with van der Waals surface area (Å²) in [6.07, 6.45) is 4.91. The third kappa shape index (κ3) is 3.98. The van der Waals surface area contributed by atoms with Gasteiger partial charge in [0.15, 0.2) is 0 Å². The average molecular weight is 250 g/mol. The summed E-state index contributed by atoms with van der Waals surface area (Å²) in [5, 5.41) is 9.47. The summed E-state index contributed by atoms with van der Waals surface area (Å²) in [6, 6.07) is 4.51. The van der Waals surface area contributed by atoms with Gasteiger partial charge in [0, 0.05) is 12.6 Å². The number of hydrogen-bond donors (Lipinski definition) is 1. The van der Waals surface area contributed by atoms with Crippen molar-refractivity contribution in [3.63, 3.8) is 0 Å². The van der Waals surface area contributed by atoms with Crippen molar-refractivity contribution in [1.82, 2.24) is 4.98 Å². The Morgan fingerprint density at radius 2 is 2.00 bits per heavy atom. The lowest BCUT2D eigenvalue weighted by molar-refractivity contribution is 0.194. The van der Waals surface area contributed by atoms with Gasteiger partial charge >= 0.3 is 0 Å². The molecule has 0 spiro atoms. The summed E-state index contributed by atoms with van der Waals surface area (Å²) in [5.41, 5.74) is 1.89. The fourth-order valence-corrected chi connectivity index (χ4v) is 1.97. The molecule has 1 heterocycles. The molecule has 0 radical (unpaired) electrons. The Bertz CT molecular complexity index is 335. The molecule has 2 atom stereocenters. The van der Waals surface area contributed by atoms with Crippen LogP contribution in [0.3, 0.4) is 0 Å². The number of unbranched alkanes of at least 4 members (excludes halogenated alkanes) is 1. The van der Waals surface area contributed by atoms with E-state index in [-0.39, 0.29) is 0 Å². The molecule has 0 bridgehead atoms. The topological polar surface area (TPSA) is 36.4 Å². The molecule has 0 fully saturated rings. The van der Waals surface area contributed by atoms with Crippen molar-refractivity contribution >= 4 is 5.69 Å². The lowest BCUT2D eigenvalue weighted by Gasteiger charge is -2.30. The van der Waals surface area contributed by atoms with Gasteiger partial charge in [0.2, 0.25) is 0 Å². The molecule has 1 N–H and O–H groups in total. The summed E-state index contributed by atoms with van der Waals surface area (Å²) in [7, 11) is 0. The second-order valence-corrected chi connectivity index (χ2v) is 4.92. The average Bonchev–Trinajstić information content (AvgIpc) is 2.39. The maximum Gasteiger partial charge on any atom is 0.0931 e. The number of hydrogen-bond acceptors (Lipinski definition) is 3. The Labute approximate surface area is 111 Å². The van der Waals surface area contributed by atoms with Gasteiger partial charge in [0.1, 0.15) is 0 Å². The first kappa shape index (κ1) is 15.0. The number of pyridine rings is 1. The quantitative estimate of drug-likeness (QED) is 0.804. The first-order valence-electron chi connectivity index (χ1n) is 7.00. The van der Waals surface area contributed by atoms with E-state index in [1.54, 1.807) is 6.92 Å². The van der Waals surface area contributed by atoms with E-state index in [2.05, 4.69) is 36.7 Å². The first-order chi connectivity index (χ1) is 8.60. The van der Waals surface area contributed by atoms with Crippen molar-refractivity contribution in [2.45, 2.75) is 59.1 Å². The van der Waals surface area contributed by atoms with Crippen molar-refractivity contribution in [3.05, 3.63) is 24.0 Å². The van der Waals surface area contributed by atoms with Crippen LogP contribution in [0.1, 0.15) is 58.8 Å². The highest BCUT2D eigenvalue weighted by Gasteiger charge is 2.13. The molecular weight excluding hydrogens is 224 g/mol. The first-order valence-corrected chi connectivity index (χ1v) is 7.00. The van der Waals surface area contributed by atoms with Crippen molar-refractivity contribution in [3.8, 4) is 0 Å². The molecule has 1 aromatic heterocycles. The van der Waals surface area contributed by atoms with Gasteiger partial charge in [-0.05, 0) is 38.8 Å². The number of anilines is 1. The monoisotopic (exact) mass is 250 g/mol. The Kier molecular flexibility index (Phi) is 6.13. The summed E-state index contributed by atoms with van der Waals surface area (Å²) < 4.78 is 0. The summed E-state index contributed by atoms with van der Waals surface area (Å²) >= 11 is 0. The lowest BCUT2D eigenvalue weighted by atomic mass is 10.1. The minimum atomic E-state index is -0.494. The molecule has 1 aromatic rings. The van der Waals surface area contributed by atoms with E-state index in [0.717, 1.165) is 24.3 Å². The minimum Gasteiger partial charge on any atom is -0.387 e. The molecule has 0 aliphatic carbocycles. The summed E-state index contributed by atoms with van der Waals surface area (Å²) in [4.78, 5) is 6.74. The normalized spacial score (nSPS) is 14.3. The Hall–Kier alpha value is -1.09. The molecule has 0 aliphatic rings. The van der Waals surface area contributed by atoms with Gasteiger partial charge in [-0.15, -0.1) is 0 Å². The molecule has 0 saturated heterocycles. The van der Waals surface area contributed by atoms with Crippen LogP contribution >= 0.6 is 0 Å². The number of nitrogens with zero attached hydrogens (tertiary/aromatic N) is 2. The van der Waals surface area contributed by atoms with Gasteiger partial charge in [-0.1, -0.05) is 20.3 Å². The zero-order valence-corrected chi connectivity index (χ0v) is 12.1. The predicted octanol–water partition coefficient (Wildman–Crippen LogP) is 3.54. The highest BCUT2D eigenvalue weighted by atomic mass is 16.3. The Morgan fingerprint density at radius 3 is 2.44 bits per heavy atom. The van der Waals surface area contributed by atoms with Crippen LogP contribution in [0.2, 0.25) is 0 Å². The largest absolute Gasteiger partial charge is 0.387 e. The zero-order chi connectivity index (χ0) is 13.5. The fraction of sp³-hybridized carbons (Fsp3) is 0.667. The van der Waals surface area contributed by atoms with Crippen molar-refractivity contribution in [1.29, 1.82) is 0 Å². The van der Waals surface area contributed by atoms with Crippen LogP contribution in [0.5, 0.6) is 0 Å². The molecular formula is C15H26N2O. The van der Waals surface area contributed by atoms with Gasteiger partial charge in [-0.3, -0.25) is 4.98 Å². The van der Waals surface area contributed by atoms with Crippen LogP contribution in [0.15, 0.2) is 18.3 Å². The highest BCUT2D eigenvalue weighted by molar-refractivity contribution is 5.45. The van der Waals surface area contributed by atoms with Crippen LogP contribution in [0.4, 0.5) is 5.69 Å². The fourth-order valence-electron chi connectivity index (χ4n) is 1.97. The van der Waals surface area contributed by atoms with E-state index in [9.17, 15) is 5.11 Å². The molecule has 0 aliphatic heterocycles. The third-order valence-electron chi connectivity index (χ3n) is 3.41. The molecule has 1 unspecified atom stereocenters. The van der Waals surface area contributed by atoms with E-state index in [0.29, 0.717) is 6.04 Å². The van der Waals surface area contributed by atoms with E-state index in [1.807, 2.05) is 12.3 Å². The van der Waals surface area contributed by atoms with Gasteiger partial charge in [-0.25, -0.2) is 0 Å². The van der Waals surface area contributed by atoms with Crippen LogP contribution in [-0.2, 0) is 0 Å². The molecule has 102 valence electrons. The maximum absolute atomic E-state index is 9.47. The highest BCUT2D eigenvalue weighted by Crippen LogP contribution is 2.20. The summed E-state index contributed by atoms with van der Waals surface area (Å²) in [6.45, 7) is 9.48. The predicted molar refractivity (Wildman–Crippen MR) is 76.9 cm³/mol. The van der Waals surface area contributed by atoms with E-state index < -0.39 is 6.10 Å². The molecule has 3 heteroatoms. The number of aromatic nitrogens is 1. The van der Waals surface area contributed by atoms with Crippen LogP contribution in [0, 0.1) is 0 Å². The smallest absolute Gasteiger partial charge is 0.0931 e. The second-order valence-electron chi connectivity index (χ2n) is 4.92. The minimum absolute atomic E-state index is 0.494. The van der Waals surface area contributed by atoms with E-state index >= 15 is 0 Å². The molecule has 3 nitrogen and oxygen atoms in total. The van der Waals surface area contributed by atoms with Gasteiger partial charge in [0.05, 0.1) is 23.7 Å². The van der Waals surface area contributed by atoms with Crippen molar-refractivity contribution in [2.24, 2.45) is 0 Å². The van der Waals surface area contributed by atoms with E-state index in [1.165, 1.54) is 12.8 Å². The maximum atomic E-state index is 9.47. The van der Waals surface area contributed by atoms with Gasteiger partial charge in [0.25, 0.3) is 0 Å². The molecule has 1 rings (SSSR count). The van der Waals surface area contributed by atoms with Crippen molar-refractivity contribution in [2.75, 3.05) is 11.4 Å². The molecule has 0 saturated carbocycles. The zero-order valence-electron chi connectivity index (χ0n) is 12.1. The number of rotatable bonds is 7. The van der Waals surface area contributed by atoms with E-state index in [4.69, 9.17) is 0 Å². The van der Waals surface area contributed by atoms with Gasteiger partial charge < -0.3 is 10.0 Å². The molecule has 18 heavy (non-hydrogen) atoms. The summed E-state index contributed by atoms with van der Waals surface area (Å²) in [5.74, 6) is 0. The third-order valence-corrected chi connectivity index (χ3v) is 3.41. The molecule has 0 amide bonds. The van der Waals surface area contributed by atoms with Crippen LogP contribution in [-0.4, -0.2) is 22.7 Å². The lowest BCUT2D eigenvalue weighted by Crippen LogP contribution is -2.33. The SMILES string of the molecule is CCCCN(c1ccc([C@@H](C)O)nc1)C(C)CC. The van der Waals surface area contributed by atoms with Crippen LogP contribution < -0.4 is 4.90 Å². The Morgan fingerprint density at radius 1 is 1.28 bits per heavy atom. The number of aliphatic hydroxyl groups excluding tert-OH is 1. The molecule has 0 aromatic carbocycles. The number of aliphatic hydroxyl groups is 1.